The first-order valence-corrected chi connectivity index (χ1v) is 8.15. The zero-order valence-electron chi connectivity index (χ0n) is 12.5. The monoisotopic (exact) mass is 291 g/mol. The summed E-state index contributed by atoms with van der Waals surface area (Å²) in [6.45, 7) is 2.76. The lowest BCUT2D eigenvalue weighted by Gasteiger charge is -2.29. The third-order valence-corrected chi connectivity index (χ3v) is 4.32. The van der Waals surface area contributed by atoms with Gasteiger partial charge in [-0.3, -0.25) is 4.90 Å². The fourth-order valence-corrected chi connectivity index (χ4v) is 2.95. The highest BCUT2D eigenvalue weighted by Gasteiger charge is 2.26. The Bertz CT molecular complexity index is 434. The van der Waals surface area contributed by atoms with Crippen LogP contribution in [0.1, 0.15) is 50.3 Å². The van der Waals surface area contributed by atoms with Gasteiger partial charge in [0.05, 0.1) is 12.3 Å². The van der Waals surface area contributed by atoms with Crippen LogP contribution in [0.15, 0.2) is 22.8 Å². The molecule has 0 bridgehead atoms. The maximum absolute atomic E-state index is 11.8. The van der Waals surface area contributed by atoms with Crippen LogP contribution in [0.25, 0.3) is 0 Å². The molecule has 1 aromatic heterocycles. The van der Waals surface area contributed by atoms with Crippen LogP contribution in [0, 0.1) is 0 Å². The topological polar surface area (TPSA) is 57.5 Å². The largest absolute Gasteiger partial charge is 0.468 e. The number of hydrogen-bond donors (Lipinski definition) is 2. The predicted molar refractivity (Wildman–Crippen MR) is 81.0 cm³/mol. The third kappa shape index (κ3) is 4.24. The fourth-order valence-electron chi connectivity index (χ4n) is 2.95. The molecule has 2 heterocycles. The maximum atomic E-state index is 11.8. The van der Waals surface area contributed by atoms with Crippen LogP contribution in [0.4, 0.5) is 4.79 Å². The van der Waals surface area contributed by atoms with Gasteiger partial charge in [0.1, 0.15) is 5.76 Å². The van der Waals surface area contributed by atoms with Gasteiger partial charge in [0.15, 0.2) is 0 Å². The van der Waals surface area contributed by atoms with Crippen molar-refractivity contribution in [1.82, 2.24) is 15.5 Å². The van der Waals surface area contributed by atoms with Crippen molar-refractivity contribution in [2.75, 3.05) is 19.6 Å². The van der Waals surface area contributed by atoms with Crippen LogP contribution >= 0.6 is 0 Å². The molecule has 2 aliphatic rings. The highest BCUT2D eigenvalue weighted by atomic mass is 16.3. The van der Waals surface area contributed by atoms with Crippen LogP contribution in [0.2, 0.25) is 0 Å². The van der Waals surface area contributed by atoms with Crippen molar-refractivity contribution in [3.05, 3.63) is 24.2 Å². The second kappa shape index (κ2) is 6.98. The number of carbonyl (C=O) groups is 1. The van der Waals surface area contributed by atoms with Crippen LogP contribution < -0.4 is 10.6 Å². The summed E-state index contributed by atoms with van der Waals surface area (Å²) in [4.78, 5) is 14.3. The van der Waals surface area contributed by atoms with E-state index in [9.17, 15) is 4.79 Å². The molecule has 0 spiro atoms. The molecule has 116 valence electrons. The predicted octanol–water partition coefficient (Wildman–Crippen LogP) is 2.66. The molecule has 1 saturated carbocycles. The van der Waals surface area contributed by atoms with Gasteiger partial charge in [-0.25, -0.2) is 4.79 Å². The summed E-state index contributed by atoms with van der Waals surface area (Å²) >= 11 is 0. The van der Waals surface area contributed by atoms with E-state index in [4.69, 9.17) is 4.42 Å². The summed E-state index contributed by atoms with van der Waals surface area (Å²) in [6.07, 6.45) is 9.00. The molecule has 1 saturated heterocycles. The number of amides is 2. The van der Waals surface area contributed by atoms with E-state index in [1.165, 1.54) is 25.7 Å². The average molecular weight is 291 g/mol. The molecule has 2 amide bonds. The molecule has 0 aromatic carbocycles. The first-order valence-electron chi connectivity index (χ1n) is 8.15. The minimum atomic E-state index is -0.0520. The summed E-state index contributed by atoms with van der Waals surface area (Å²) in [7, 11) is 0. The van der Waals surface area contributed by atoms with E-state index in [0.29, 0.717) is 12.6 Å². The van der Waals surface area contributed by atoms with E-state index in [1.807, 2.05) is 12.1 Å². The van der Waals surface area contributed by atoms with Crippen molar-refractivity contribution >= 4 is 6.03 Å². The number of nitrogens with zero attached hydrogens (tertiary/aromatic N) is 1. The summed E-state index contributed by atoms with van der Waals surface area (Å²) in [5.74, 6) is 0.948. The van der Waals surface area contributed by atoms with Crippen molar-refractivity contribution in [3.63, 3.8) is 0 Å². The number of rotatable bonds is 5. The summed E-state index contributed by atoms with van der Waals surface area (Å²) < 4.78 is 5.60. The molecule has 1 aliphatic carbocycles. The Morgan fingerprint density at radius 1 is 1.29 bits per heavy atom. The summed E-state index contributed by atoms with van der Waals surface area (Å²) in [6, 6.07) is 4.41. The molecule has 1 aliphatic heterocycles. The fraction of sp³-hybridized carbons (Fsp3) is 0.688. The van der Waals surface area contributed by atoms with Crippen LogP contribution in [-0.4, -0.2) is 36.6 Å². The molecule has 5 heteroatoms. The maximum Gasteiger partial charge on any atom is 0.315 e. The van der Waals surface area contributed by atoms with E-state index in [1.54, 1.807) is 6.26 Å². The Morgan fingerprint density at radius 3 is 2.67 bits per heavy atom. The molecule has 2 fully saturated rings. The first-order chi connectivity index (χ1) is 10.3. The molecule has 1 atom stereocenters. The molecule has 1 aromatic rings. The lowest BCUT2D eigenvalue weighted by molar-refractivity contribution is 0.175. The lowest BCUT2D eigenvalue weighted by atomic mass is 10.1. The molecule has 5 nitrogen and oxygen atoms in total. The Labute approximate surface area is 126 Å². The normalized spacial score (nSPS) is 21.5. The molecule has 0 radical (unpaired) electrons. The van der Waals surface area contributed by atoms with E-state index >= 15 is 0 Å². The Kier molecular flexibility index (Phi) is 4.80. The zero-order valence-corrected chi connectivity index (χ0v) is 12.5. The van der Waals surface area contributed by atoms with Gasteiger partial charge in [-0.2, -0.15) is 0 Å². The van der Waals surface area contributed by atoms with Gasteiger partial charge in [0.25, 0.3) is 0 Å². The second-order valence-corrected chi connectivity index (χ2v) is 6.11. The van der Waals surface area contributed by atoms with E-state index < -0.39 is 0 Å². The highest BCUT2D eigenvalue weighted by Crippen LogP contribution is 2.24. The quantitative estimate of drug-likeness (QED) is 0.877. The molecule has 3 rings (SSSR count). The number of likely N-dealkylation sites (tertiary alicyclic amines) is 1. The third-order valence-electron chi connectivity index (χ3n) is 4.32. The number of nitrogens with one attached hydrogen (secondary N) is 2. The minimum Gasteiger partial charge on any atom is -0.468 e. The van der Waals surface area contributed by atoms with Gasteiger partial charge in [0.2, 0.25) is 0 Å². The van der Waals surface area contributed by atoms with Gasteiger partial charge in [-0.15, -0.1) is 0 Å². The van der Waals surface area contributed by atoms with Crippen molar-refractivity contribution < 1.29 is 9.21 Å². The zero-order chi connectivity index (χ0) is 14.5. The molecular weight excluding hydrogens is 266 g/mol. The standard InChI is InChI=1S/C16H25N3O2/c20-16(18-13-7-8-13)17-12-14(15-6-5-11-21-15)19-9-3-1-2-4-10-19/h5-6,11,13-14H,1-4,7-10,12H2,(H2,17,18,20)/t14-/m0/s1. The van der Waals surface area contributed by atoms with Crippen molar-refractivity contribution in [1.29, 1.82) is 0 Å². The van der Waals surface area contributed by atoms with Gasteiger partial charge in [-0.1, -0.05) is 12.8 Å². The van der Waals surface area contributed by atoms with Gasteiger partial charge < -0.3 is 15.1 Å². The van der Waals surface area contributed by atoms with Gasteiger partial charge >= 0.3 is 6.03 Å². The van der Waals surface area contributed by atoms with Gasteiger partial charge in [-0.05, 0) is 50.9 Å². The highest BCUT2D eigenvalue weighted by molar-refractivity contribution is 5.74. The average Bonchev–Trinajstić information content (AvgIpc) is 3.20. The van der Waals surface area contributed by atoms with Gasteiger partial charge in [0, 0.05) is 12.6 Å². The summed E-state index contributed by atoms with van der Waals surface area (Å²) in [5.41, 5.74) is 0. The molecule has 21 heavy (non-hydrogen) atoms. The molecular formula is C16H25N3O2. The molecule has 2 N–H and O–H groups in total. The van der Waals surface area contributed by atoms with E-state index in [0.717, 1.165) is 31.7 Å². The Balaban J connectivity index is 1.59. The van der Waals surface area contributed by atoms with Crippen LogP contribution in [0.5, 0.6) is 0 Å². The van der Waals surface area contributed by atoms with E-state index in [-0.39, 0.29) is 12.1 Å². The van der Waals surface area contributed by atoms with Crippen molar-refractivity contribution in [3.8, 4) is 0 Å². The van der Waals surface area contributed by atoms with Crippen molar-refractivity contribution in [2.45, 2.75) is 50.6 Å². The summed E-state index contributed by atoms with van der Waals surface area (Å²) in [5, 5.41) is 5.98. The Morgan fingerprint density at radius 2 is 2.05 bits per heavy atom. The Hall–Kier alpha value is -1.49. The lowest BCUT2D eigenvalue weighted by Crippen LogP contribution is -2.43. The minimum absolute atomic E-state index is 0.0520. The number of hydrogen-bond acceptors (Lipinski definition) is 3. The number of urea groups is 1. The molecule has 0 unspecified atom stereocenters. The SMILES string of the molecule is O=C(NC[C@@H](c1ccco1)N1CCCCCC1)NC1CC1. The van der Waals surface area contributed by atoms with Crippen molar-refractivity contribution in [2.24, 2.45) is 0 Å². The van der Waals surface area contributed by atoms with Crippen LogP contribution in [0.3, 0.4) is 0 Å². The number of furan rings is 1. The number of carbonyl (C=O) groups excluding carboxylic acids is 1. The second-order valence-electron chi connectivity index (χ2n) is 6.11. The van der Waals surface area contributed by atoms with E-state index in [2.05, 4.69) is 15.5 Å². The smallest absolute Gasteiger partial charge is 0.315 e. The van der Waals surface area contributed by atoms with Crippen LogP contribution in [-0.2, 0) is 0 Å². The first kappa shape index (κ1) is 14.4.